The van der Waals surface area contributed by atoms with Crippen LogP contribution in [0.4, 0.5) is 4.39 Å². The molecule has 3 aromatic heterocycles. The summed E-state index contributed by atoms with van der Waals surface area (Å²) >= 11 is 0. The van der Waals surface area contributed by atoms with Crippen molar-refractivity contribution in [3.63, 3.8) is 0 Å². The van der Waals surface area contributed by atoms with Gasteiger partial charge in [0.15, 0.2) is 11.4 Å². The van der Waals surface area contributed by atoms with Gasteiger partial charge in [-0.15, -0.1) is 0 Å². The Morgan fingerprint density at radius 2 is 1.86 bits per heavy atom. The van der Waals surface area contributed by atoms with Gasteiger partial charge in [-0.05, 0) is 43.7 Å². The molecule has 12 heteroatoms. The third-order valence-corrected chi connectivity index (χ3v) is 6.84. The first-order valence-electron chi connectivity index (χ1n) is 11.4. The molecule has 10 nitrogen and oxygen atoms in total. The molecule has 0 spiro atoms. The second-order valence-corrected chi connectivity index (χ2v) is 10.6. The van der Waals surface area contributed by atoms with Crippen LogP contribution in [0.5, 0.6) is 17.4 Å². The number of H-pyrrole nitrogens is 1. The minimum Gasteiger partial charge on any atom is -0.496 e. The Kier molecular flexibility index (Phi) is 7.21. The SMILES string of the molecule is CCOc1nc([C@@H](CS(C)(=O)=O)n2c(=O)[nH]c3c(C)c(-c4c(F)cccc4OC)cnc32)ccc1OC. The van der Waals surface area contributed by atoms with Gasteiger partial charge in [0.1, 0.15) is 21.4 Å². The number of aromatic nitrogens is 4. The number of nitrogens with zero attached hydrogens (tertiary/aromatic N) is 3. The zero-order chi connectivity index (χ0) is 26.9. The first kappa shape index (κ1) is 26.1. The van der Waals surface area contributed by atoms with Gasteiger partial charge in [0.2, 0.25) is 0 Å². The summed E-state index contributed by atoms with van der Waals surface area (Å²) in [5.41, 5.74) is 1.40. The van der Waals surface area contributed by atoms with Crippen LogP contribution in [0.2, 0.25) is 0 Å². The Morgan fingerprint density at radius 3 is 2.51 bits per heavy atom. The first-order chi connectivity index (χ1) is 17.6. The van der Waals surface area contributed by atoms with Crippen molar-refractivity contribution in [1.29, 1.82) is 0 Å². The van der Waals surface area contributed by atoms with Gasteiger partial charge in [-0.1, -0.05) is 6.07 Å². The highest BCUT2D eigenvalue weighted by Gasteiger charge is 2.28. The van der Waals surface area contributed by atoms with E-state index in [0.29, 0.717) is 34.7 Å². The number of aromatic amines is 1. The van der Waals surface area contributed by atoms with Crippen LogP contribution in [0.25, 0.3) is 22.3 Å². The van der Waals surface area contributed by atoms with Crippen molar-refractivity contribution in [3.05, 3.63) is 64.1 Å². The highest BCUT2D eigenvalue weighted by Crippen LogP contribution is 2.36. The summed E-state index contributed by atoms with van der Waals surface area (Å²) in [4.78, 5) is 24.9. The van der Waals surface area contributed by atoms with Gasteiger partial charge in [0.05, 0.1) is 49.4 Å². The topological polar surface area (TPSA) is 125 Å². The molecule has 0 aliphatic carbocycles. The van der Waals surface area contributed by atoms with Crippen LogP contribution in [0.1, 0.15) is 24.2 Å². The maximum atomic E-state index is 14.8. The Morgan fingerprint density at radius 1 is 1.14 bits per heavy atom. The fourth-order valence-electron chi connectivity index (χ4n) is 4.26. The normalized spacial score (nSPS) is 12.5. The summed E-state index contributed by atoms with van der Waals surface area (Å²) in [6.45, 7) is 3.80. The van der Waals surface area contributed by atoms with Crippen LogP contribution >= 0.6 is 0 Å². The van der Waals surface area contributed by atoms with Gasteiger partial charge in [-0.3, -0.25) is 4.57 Å². The highest BCUT2D eigenvalue weighted by molar-refractivity contribution is 7.90. The Labute approximate surface area is 213 Å². The molecule has 1 N–H and O–H groups in total. The lowest BCUT2D eigenvalue weighted by molar-refractivity contribution is 0.296. The van der Waals surface area contributed by atoms with Crippen LogP contribution in [0.3, 0.4) is 0 Å². The minimum absolute atomic E-state index is 0.173. The monoisotopic (exact) mass is 530 g/mol. The molecular weight excluding hydrogens is 503 g/mol. The van der Waals surface area contributed by atoms with Crippen LogP contribution in [-0.2, 0) is 9.84 Å². The number of methoxy groups -OCH3 is 2. The number of fused-ring (bicyclic) bond motifs is 1. The Hall–Kier alpha value is -3.93. The first-order valence-corrected chi connectivity index (χ1v) is 13.4. The van der Waals surface area contributed by atoms with E-state index in [-0.39, 0.29) is 22.8 Å². The molecule has 1 aromatic carbocycles. The van der Waals surface area contributed by atoms with E-state index in [9.17, 15) is 17.6 Å². The maximum Gasteiger partial charge on any atom is 0.328 e. The number of nitrogens with one attached hydrogen (secondary N) is 1. The summed E-state index contributed by atoms with van der Waals surface area (Å²) < 4.78 is 57.1. The summed E-state index contributed by atoms with van der Waals surface area (Å²) in [7, 11) is -0.678. The number of aryl methyl sites for hydroxylation is 1. The van der Waals surface area contributed by atoms with Crippen molar-refractivity contribution >= 4 is 21.0 Å². The van der Waals surface area contributed by atoms with Crippen molar-refractivity contribution in [2.75, 3.05) is 32.8 Å². The number of hydrogen-bond donors (Lipinski definition) is 1. The van der Waals surface area contributed by atoms with Crippen LogP contribution < -0.4 is 19.9 Å². The quantitative estimate of drug-likeness (QED) is 0.350. The average Bonchev–Trinajstić information content (AvgIpc) is 3.19. The average molecular weight is 531 g/mol. The number of halogens is 1. The van der Waals surface area contributed by atoms with Gasteiger partial charge in [-0.2, -0.15) is 0 Å². The van der Waals surface area contributed by atoms with Crippen molar-refractivity contribution in [1.82, 2.24) is 19.5 Å². The van der Waals surface area contributed by atoms with E-state index >= 15 is 0 Å². The summed E-state index contributed by atoms with van der Waals surface area (Å²) in [5, 5.41) is 0. The predicted octanol–water partition coefficient (Wildman–Crippen LogP) is 3.28. The summed E-state index contributed by atoms with van der Waals surface area (Å²) in [6, 6.07) is 6.62. The fraction of sp³-hybridized carbons (Fsp3) is 0.320. The van der Waals surface area contributed by atoms with E-state index in [0.717, 1.165) is 6.26 Å². The lowest BCUT2D eigenvalue weighted by Gasteiger charge is -2.19. The van der Waals surface area contributed by atoms with E-state index in [2.05, 4.69) is 15.0 Å². The second kappa shape index (κ2) is 10.2. The lowest BCUT2D eigenvalue weighted by Crippen LogP contribution is -2.29. The molecule has 37 heavy (non-hydrogen) atoms. The van der Waals surface area contributed by atoms with Crippen molar-refractivity contribution in [2.45, 2.75) is 19.9 Å². The molecule has 0 saturated heterocycles. The molecule has 4 rings (SSSR count). The number of benzene rings is 1. The molecule has 0 radical (unpaired) electrons. The van der Waals surface area contributed by atoms with Gasteiger partial charge >= 0.3 is 5.69 Å². The number of hydrogen-bond acceptors (Lipinski definition) is 8. The largest absolute Gasteiger partial charge is 0.496 e. The molecule has 4 aromatic rings. The molecule has 3 heterocycles. The van der Waals surface area contributed by atoms with E-state index < -0.39 is 33.1 Å². The maximum absolute atomic E-state index is 14.8. The molecule has 0 saturated carbocycles. The molecule has 0 aliphatic rings. The van der Waals surface area contributed by atoms with E-state index in [1.807, 2.05) is 0 Å². The van der Waals surface area contributed by atoms with E-state index in [4.69, 9.17) is 14.2 Å². The van der Waals surface area contributed by atoms with Crippen LogP contribution in [0.15, 0.2) is 41.3 Å². The summed E-state index contributed by atoms with van der Waals surface area (Å²) in [6.07, 6.45) is 2.51. The molecule has 0 fully saturated rings. The third kappa shape index (κ3) is 5.01. The van der Waals surface area contributed by atoms with E-state index in [1.54, 1.807) is 32.0 Å². The molecule has 0 unspecified atom stereocenters. The lowest BCUT2D eigenvalue weighted by atomic mass is 10.0. The smallest absolute Gasteiger partial charge is 0.328 e. The van der Waals surface area contributed by atoms with E-state index in [1.165, 1.54) is 37.1 Å². The predicted molar refractivity (Wildman–Crippen MR) is 137 cm³/mol. The third-order valence-electron chi connectivity index (χ3n) is 5.92. The Balaban J connectivity index is 1.95. The number of rotatable bonds is 9. The molecule has 0 aliphatic heterocycles. The van der Waals surface area contributed by atoms with Crippen molar-refractivity contribution < 1.29 is 27.0 Å². The number of sulfone groups is 1. The van der Waals surface area contributed by atoms with Crippen LogP contribution in [0, 0.1) is 12.7 Å². The molecular formula is C25H27FN4O6S. The number of imidazole rings is 1. The number of pyridine rings is 2. The number of ether oxygens (including phenoxy) is 3. The Bertz CT molecular complexity index is 1630. The van der Waals surface area contributed by atoms with Crippen LogP contribution in [-0.4, -0.2) is 60.8 Å². The minimum atomic E-state index is -3.58. The van der Waals surface area contributed by atoms with Gasteiger partial charge in [-0.25, -0.2) is 27.6 Å². The van der Waals surface area contributed by atoms with Crippen molar-refractivity contribution in [2.24, 2.45) is 0 Å². The molecule has 196 valence electrons. The van der Waals surface area contributed by atoms with Gasteiger partial charge < -0.3 is 19.2 Å². The standard InChI is InChI=1S/C25H27FN4O6S/c1-6-36-24-20(35-4)11-10-17(28-24)18(13-37(5,32)33)30-23-22(29-25(30)31)14(2)15(12-27-23)21-16(26)8-7-9-19(21)34-3/h7-12,18H,6,13H2,1-5H3,(H,29,31)/t18-/m1/s1. The highest BCUT2D eigenvalue weighted by atomic mass is 32.2. The fourth-order valence-corrected chi connectivity index (χ4v) is 5.16. The van der Waals surface area contributed by atoms with Gasteiger partial charge in [0.25, 0.3) is 5.88 Å². The molecule has 0 amide bonds. The zero-order valence-corrected chi connectivity index (χ0v) is 21.8. The van der Waals surface area contributed by atoms with Crippen molar-refractivity contribution in [3.8, 4) is 28.5 Å². The van der Waals surface area contributed by atoms with Gasteiger partial charge in [0, 0.05) is 18.0 Å². The molecule has 0 bridgehead atoms. The summed E-state index contributed by atoms with van der Waals surface area (Å²) in [5.74, 6) is -0.0774. The zero-order valence-electron chi connectivity index (χ0n) is 21.0. The second-order valence-electron chi connectivity index (χ2n) is 8.40. The molecule has 1 atom stereocenters.